The second-order valence-electron chi connectivity index (χ2n) is 7.14. The van der Waals surface area contributed by atoms with Gasteiger partial charge in [0.15, 0.2) is 0 Å². The van der Waals surface area contributed by atoms with Gasteiger partial charge in [-0.3, -0.25) is 9.59 Å². The molecule has 1 aromatic heterocycles. The normalized spacial score (nSPS) is 13.9. The highest BCUT2D eigenvalue weighted by molar-refractivity contribution is 6.01. The summed E-state index contributed by atoms with van der Waals surface area (Å²) in [6.45, 7) is 3.58. The molecule has 2 heterocycles. The van der Waals surface area contributed by atoms with Crippen LogP contribution in [0.5, 0.6) is 5.75 Å². The second kappa shape index (κ2) is 8.41. The molecule has 0 spiro atoms. The standard InChI is InChI=1S/C23H23N3O4/c1-16-20(21(24-30-16)17-7-4-3-5-8-17)23(28)26-13-11-25(12-14-26)22(27)18-9-6-10-19(15-18)29-2/h3-10,15H,11-14H2,1-2H3. The van der Waals surface area contributed by atoms with Gasteiger partial charge in [-0.2, -0.15) is 0 Å². The first-order valence-electron chi connectivity index (χ1n) is 9.83. The van der Waals surface area contributed by atoms with Crippen molar-refractivity contribution in [3.63, 3.8) is 0 Å². The Hall–Kier alpha value is -3.61. The van der Waals surface area contributed by atoms with E-state index < -0.39 is 0 Å². The van der Waals surface area contributed by atoms with E-state index >= 15 is 0 Å². The zero-order valence-corrected chi connectivity index (χ0v) is 17.0. The van der Waals surface area contributed by atoms with Crippen LogP contribution in [-0.4, -0.2) is 60.1 Å². The van der Waals surface area contributed by atoms with Crippen molar-refractivity contribution in [3.05, 3.63) is 71.5 Å². The molecule has 2 amide bonds. The van der Waals surface area contributed by atoms with Crippen LogP contribution >= 0.6 is 0 Å². The fraction of sp³-hybridized carbons (Fsp3) is 0.261. The smallest absolute Gasteiger partial charge is 0.259 e. The molecule has 0 unspecified atom stereocenters. The number of rotatable bonds is 4. The number of hydrogen-bond donors (Lipinski definition) is 0. The number of amides is 2. The molecule has 0 N–H and O–H groups in total. The molecule has 154 valence electrons. The largest absolute Gasteiger partial charge is 0.497 e. The third-order valence-electron chi connectivity index (χ3n) is 5.29. The third kappa shape index (κ3) is 3.78. The van der Waals surface area contributed by atoms with Crippen LogP contribution in [0.3, 0.4) is 0 Å². The highest BCUT2D eigenvalue weighted by Crippen LogP contribution is 2.27. The van der Waals surface area contributed by atoms with Crippen LogP contribution in [0.1, 0.15) is 26.5 Å². The number of ether oxygens (including phenoxy) is 1. The lowest BCUT2D eigenvalue weighted by molar-refractivity contribution is 0.0534. The van der Waals surface area contributed by atoms with Gasteiger partial charge in [-0.05, 0) is 25.1 Å². The van der Waals surface area contributed by atoms with Crippen molar-refractivity contribution in [1.82, 2.24) is 15.0 Å². The first kappa shape index (κ1) is 19.7. The molecular weight excluding hydrogens is 382 g/mol. The molecule has 0 bridgehead atoms. The predicted octanol–water partition coefficient (Wildman–Crippen LogP) is 3.26. The van der Waals surface area contributed by atoms with E-state index in [0.717, 1.165) is 5.56 Å². The third-order valence-corrected chi connectivity index (χ3v) is 5.29. The minimum atomic E-state index is -0.124. The lowest BCUT2D eigenvalue weighted by Crippen LogP contribution is -2.50. The van der Waals surface area contributed by atoms with Crippen LogP contribution in [0.2, 0.25) is 0 Å². The van der Waals surface area contributed by atoms with Gasteiger partial charge in [0.1, 0.15) is 22.8 Å². The lowest BCUT2D eigenvalue weighted by atomic mass is 10.0. The van der Waals surface area contributed by atoms with Crippen LogP contribution in [0.15, 0.2) is 59.1 Å². The van der Waals surface area contributed by atoms with Gasteiger partial charge >= 0.3 is 0 Å². The summed E-state index contributed by atoms with van der Waals surface area (Å²) in [6, 6.07) is 16.6. The summed E-state index contributed by atoms with van der Waals surface area (Å²) < 4.78 is 10.5. The van der Waals surface area contributed by atoms with Gasteiger partial charge in [0.2, 0.25) is 0 Å². The second-order valence-corrected chi connectivity index (χ2v) is 7.14. The Morgan fingerprint density at radius 1 is 0.933 bits per heavy atom. The Morgan fingerprint density at radius 2 is 1.60 bits per heavy atom. The zero-order chi connectivity index (χ0) is 21.1. The summed E-state index contributed by atoms with van der Waals surface area (Å²) in [5, 5.41) is 4.10. The van der Waals surface area contributed by atoms with E-state index in [2.05, 4.69) is 5.16 Å². The van der Waals surface area contributed by atoms with Gasteiger partial charge in [0.25, 0.3) is 11.8 Å². The molecule has 0 aliphatic carbocycles. The van der Waals surface area contributed by atoms with Crippen LogP contribution in [-0.2, 0) is 0 Å². The molecule has 0 radical (unpaired) electrons. The van der Waals surface area contributed by atoms with Crippen molar-refractivity contribution in [2.45, 2.75) is 6.92 Å². The van der Waals surface area contributed by atoms with Gasteiger partial charge in [0.05, 0.1) is 7.11 Å². The minimum absolute atomic E-state index is 0.0628. The fourth-order valence-electron chi connectivity index (χ4n) is 3.63. The molecule has 0 saturated carbocycles. The topological polar surface area (TPSA) is 75.9 Å². The molecule has 7 heteroatoms. The number of nitrogens with zero attached hydrogens (tertiary/aromatic N) is 3. The average Bonchev–Trinajstić information content (AvgIpc) is 3.20. The number of piperazine rings is 1. The highest BCUT2D eigenvalue weighted by Gasteiger charge is 2.30. The van der Waals surface area contributed by atoms with E-state index in [1.54, 1.807) is 48.1 Å². The Labute approximate surface area is 174 Å². The zero-order valence-electron chi connectivity index (χ0n) is 17.0. The summed E-state index contributed by atoms with van der Waals surface area (Å²) in [4.78, 5) is 29.5. The Bertz CT molecular complexity index is 1050. The van der Waals surface area contributed by atoms with E-state index in [1.807, 2.05) is 30.3 Å². The molecular formula is C23H23N3O4. The van der Waals surface area contributed by atoms with Crippen LogP contribution in [0, 0.1) is 6.92 Å². The SMILES string of the molecule is COc1cccc(C(=O)N2CCN(C(=O)c3c(-c4ccccc4)noc3C)CC2)c1. The summed E-state index contributed by atoms with van der Waals surface area (Å²) >= 11 is 0. The number of methoxy groups -OCH3 is 1. The lowest BCUT2D eigenvalue weighted by Gasteiger charge is -2.34. The van der Waals surface area contributed by atoms with Gasteiger partial charge in [-0.15, -0.1) is 0 Å². The first-order chi connectivity index (χ1) is 14.6. The molecule has 0 atom stereocenters. The van der Waals surface area contributed by atoms with Crippen LogP contribution in [0.25, 0.3) is 11.3 Å². The van der Waals surface area contributed by atoms with E-state index in [9.17, 15) is 9.59 Å². The number of aromatic nitrogens is 1. The first-order valence-corrected chi connectivity index (χ1v) is 9.83. The fourth-order valence-corrected chi connectivity index (χ4v) is 3.63. The predicted molar refractivity (Wildman–Crippen MR) is 111 cm³/mol. The van der Waals surface area contributed by atoms with Crippen molar-refractivity contribution < 1.29 is 18.8 Å². The highest BCUT2D eigenvalue weighted by atomic mass is 16.5. The van der Waals surface area contributed by atoms with Crippen molar-refractivity contribution in [1.29, 1.82) is 0 Å². The number of carbonyl (C=O) groups is 2. The molecule has 30 heavy (non-hydrogen) atoms. The van der Waals surface area contributed by atoms with E-state index in [1.165, 1.54) is 0 Å². The quantitative estimate of drug-likeness (QED) is 0.666. The van der Waals surface area contributed by atoms with Crippen LogP contribution in [0.4, 0.5) is 0 Å². The van der Waals surface area contributed by atoms with Crippen LogP contribution < -0.4 is 4.74 Å². The van der Waals surface area contributed by atoms with Crippen molar-refractivity contribution in [2.24, 2.45) is 0 Å². The molecule has 1 saturated heterocycles. The Morgan fingerprint density at radius 3 is 2.27 bits per heavy atom. The summed E-state index contributed by atoms with van der Waals surface area (Å²) in [5.41, 5.74) is 2.45. The Balaban J connectivity index is 1.47. The van der Waals surface area contributed by atoms with Gasteiger partial charge in [-0.25, -0.2) is 0 Å². The van der Waals surface area contributed by atoms with E-state index in [4.69, 9.17) is 9.26 Å². The van der Waals surface area contributed by atoms with Crippen molar-refractivity contribution in [2.75, 3.05) is 33.3 Å². The molecule has 1 aliphatic heterocycles. The average molecular weight is 405 g/mol. The maximum absolute atomic E-state index is 13.2. The van der Waals surface area contributed by atoms with Crippen molar-refractivity contribution >= 4 is 11.8 Å². The monoisotopic (exact) mass is 405 g/mol. The molecule has 3 aromatic rings. The molecule has 7 nitrogen and oxygen atoms in total. The van der Waals surface area contributed by atoms with E-state index in [-0.39, 0.29) is 11.8 Å². The molecule has 1 aliphatic rings. The maximum atomic E-state index is 13.2. The molecule has 4 rings (SSSR count). The summed E-state index contributed by atoms with van der Waals surface area (Å²) in [5.74, 6) is 0.952. The minimum Gasteiger partial charge on any atom is -0.497 e. The number of carbonyl (C=O) groups excluding carboxylic acids is 2. The van der Waals surface area contributed by atoms with Gasteiger partial charge in [0, 0.05) is 37.3 Å². The molecule has 1 fully saturated rings. The van der Waals surface area contributed by atoms with Gasteiger partial charge < -0.3 is 19.1 Å². The number of aryl methyl sites for hydroxylation is 1. The van der Waals surface area contributed by atoms with E-state index in [0.29, 0.717) is 54.5 Å². The maximum Gasteiger partial charge on any atom is 0.259 e. The summed E-state index contributed by atoms with van der Waals surface area (Å²) in [6.07, 6.45) is 0. The van der Waals surface area contributed by atoms with Gasteiger partial charge in [-0.1, -0.05) is 41.6 Å². The Kier molecular flexibility index (Phi) is 5.52. The van der Waals surface area contributed by atoms with Crippen molar-refractivity contribution in [3.8, 4) is 17.0 Å². The number of hydrogen-bond acceptors (Lipinski definition) is 5. The number of benzene rings is 2. The summed E-state index contributed by atoms with van der Waals surface area (Å²) in [7, 11) is 1.57. The molecule has 2 aromatic carbocycles.